The first-order valence-electron chi connectivity index (χ1n) is 8.96. The van der Waals surface area contributed by atoms with Crippen LogP contribution in [0.1, 0.15) is 28.8 Å². The van der Waals surface area contributed by atoms with Crippen LogP contribution in [0.25, 0.3) is 10.2 Å². The lowest BCUT2D eigenvalue weighted by atomic mass is 10.2. The topological polar surface area (TPSA) is 58.8 Å². The fourth-order valence-electron chi connectivity index (χ4n) is 2.84. The van der Waals surface area contributed by atoms with Gasteiger partial charge in [-0.05, 0) is 59.1 Å². The van der Waals surface area contributed by atoms with E-state index in [0.717, 1.165) is 28.3 Å². The van der Waals surface area contributed by atoms with Gasteiger partial charge in [0.1, 0.15) is 17.3 Å². The lowest BCUT2D eigenvalue weighted by Crippen LogP contribution is -2.36. The molecule has 0 saturated carbocycles. The SMILES string of the molecule is CCOc1ccc2nc(N(CCN(C)C)C(=O)c3cc(C)oc3C)sc2c1.Cl. The molecule has 0 aliphatic rings. The zero-order chi connectivity index (χ0) is 19.6. The van der Waals surface area contributed by atoms with Gasteiger partial charge in [-0.15, -0.1) is 12.4 Å². The predicted octanol–water partition coefficient (Wildman–Crippen LogP) is 4.54. The van der Waals surface area contributed by atoms with E-state index in [-0.39, 0.29) is 18.3 Å². The van der Waals surface area contributed by atoms with Crippen LogP contribution in [0.3, 0.4) is 0 Å². The Morgan fingerprint density at radius 1 is 1.21 bits per heavy atom. The molecule has 1 aromatic carbocycles. The van der Waals surface area contributed by atoms with Gasteiger partial charge in [-0.25, -0.2) is 4.98 Å². The highest BCUT2D eigenvalue weighted by atomic mass is 35.5. The molecular weight excluding hydrogens is 398 g/mol. The highest BCUT2D eigenvalue weighted by Crippen LogP contribution is 2.32. The van der Waals surface area contributed by atoms with Crippen LogP contribution in [0.2, 0.25) is 0 Å². The summed E-state index contributed by atoms with van der Waals surface area (Å²) in [6, 6.07) is 7.61. The van der Waals surface area contributed by atoms with Gasteiger partial charge < -0.3 is 14.1 Å². The van der Waals surface area contributed by atoms with Crippen molar-refractivity contribution < 1.29 is 13.9 Å². The number of furan rings is 1. The van der Waals surface area contributed by atoms with Crippen molar-refractivity contribution in [3.05, 3.63) is 41.3 Å². The number of likely N-dealkylation sites (N-methyl/N-ethyl adjacent to an activating group) is 1. The molecule has 6 nitrogen and oxygen atoms in total. The minimum Gasteiger partial charge on any atom is -0.494 e. The smallest absolute Gasteiger partial charge is 0.263 e. The number of rotatable bonds is 7. The molecule has 0 aliphatic heterocycles. The summed E-state index contributed by atoms with van der Waals surface area (Å²) in [6.07, 6.45) is 0. The number of ether oxygens (including phenoxy) is 1. The average Bonchev–Trinajstić information content (AvgIpc) is 3.17. The van der Waals surface area contributed by atoms with Crippen LogP contribution >= 0.6 is 23.7 Å². The van der Waals surface area contributed by atoms with Crippen LogP contribution in [-0.4, -0.2) is 49.6 Å². The Hall–Kier alpha value is -2.09. The number of fused-ring (bicyclic) bond motifs is 1. The van der Waals surface area contributed by atoms with Gasteiger partial charge in [-0.3, -0.25) is 9.69 Å². The van der Waals surface area contributed by atoms with Crippen LogP contribution in [0.15, 0.2) is 28.7 Å². The van der Waals surface area contributed by atoms with Crippen molar-refractivity contribution in [2.24, 2.45) is 0 Å². The number of hydrogen-bond acceptors (Lipinski definition) is 6. The molecule has 8 heteroatoms. The second-order valence-corrected chi connectivity index (χ2v) is 7.66. The summed E-state index contributed by atoms with van der Waals surface area (Å²) in [4.78, 5) is 21.7. The highest BCUT2D eigenvalue weighted by Gasteiger charge is 2.24. The van der Waals surface area contributed by atoms with Crippen molar-refractivity contribution in [2.45, 2.75) is 20.8 Å². The number of benzene rings is 1. The Balaban J connectivity index is 0.00000280. The lowest BCUT2D eigenvalue weighted by Gasteiger charge is -2.21. The van der Waals surface area contributed by atoms with E-state index in [2.05, 4.69) is 0 Å². The number of nitrogens with zero attached hydrogens (tertiary/aromatic N) is 3. The third-order valence-electron chi connectivity index (χ3n) is 4.18. The van der Waals surface area contributed by atoms with Crippen molar-refractivity contribution in [1.29, 1.82) is 0 Å². The highest BCUT2D eigenvalue weighted by molar-refractivity contribution is 7.22. The van der Waals surface area contributed by atoms with E-state index in [4.69, 9.17) is 14.1 Å². The van der Waals surface area contributed by atoms with Gasteiger partial charge >= 0.3 is 0 Å². The first-order valence-corrected chi connectivity index (χ1v) is 9.77. The number of anilines is 1. The Morgan fingerprint density at radius 2 is 1.96 bits per heavy atom. The lowest BCUT2D eigenvalue weighted by molar-refractivity contribution is 0.0983. The minimum atomic E-state index is -0.0877. The second kappa shape index (κ2) is 9.41. The fraction of sp³-hybridized carbons (Fsp3) is 0.400. The number of aryl methyl sites for hydroxylation is 2. The predicted molar refractivity (Wildman–Crippen MR) is 116 cm³/mol. The minimum absolute atomic E-state index is 0. The molecule has 152 valence electrons. The molecule has 0 saturated heterocycles. The van der Waals surface area contributed by atoms with Gasteiger partial charge in [0.2, 0.25) is 0 Å². The monoisotopic (exact) mass is 423 g/mol. The molecule has 0 spiro atoms. The van der Waals surface area contributed by atoms with Crippen LogP contribution in [0.5, 0.6) is 5.75 Å². The summed E-state index contributed by atoms with van der Waals surface area (Å²) in [6.45, 7) is 7.52. The first-order chi connectivity index (χ1) is 12.9. The number of thiazole rings is 1. The van der Waals surface area contributed by atoms with Gasteiger partial charge in [0, 0.05) is 13.1 Å². The van der Waals surface area contributed by atoms with Gasteiger partial charge in [0.25, 0.3) is 5.91 Å². The summed E-state index contributed by atoms with van der Waals surface area (Å²) in [5.41, 5.74) is 1.45. The molecule has 0 unspecified atom stereocenters. The van der Waals surface area contributed by atoms with E-state index >= 15 is 0 Å². The zero-order valence-corrected chi connectivity index (χ0v) is 18.4. The van der Waals surface area contributed by atoms with Crippen LogP contribution in [0, 0.1) is 13.8 Å². The van der Waals surface area contributed by atoms with Crippen molar-refractivity contribution in [2.75, 3.05) is 38.7 Å². The third kappa shape index (κ3) is 4.84. The number of carbonyl (C=O) groups is 1. The summed E-state index contributed by atoms with van der Waals surface area (Å²) < 4.78 is 12.1. The summed E-state index contributed by atoms with van der Waals surface area (Å²) >= 11 is 1.50. The van der Waals surface area contributed by atoms with Crippen LogP contribution in [-0.2, 0) is 0 Å². The maximum absolute atomic E-state index is 13.2. The molecule has 28 heavy (non-hydrogen) atoms. The molecule has 3 rings (SSSR count). The molecule has 2 aromatic heterocycles. The molecule has 2 heterocycles. The first kappa shape index (κ1) is 22.2. The number of amides is 1. The van der Waals surface area contributed by atoms with E-state index in [1.807, 2.05) is 58.0 Å². The molecule has 0 fully saturated rings. The normalized spacial score (nSPS) is 10.9. The molecule has 0 bridgehead atoms. The Morgan fingerprint density at radius 3 is 2.57 bits per heavy atom. The molecular formula is C20H26ClN3O3S. The molecule has 3 aromatic rings. The fourth-order valence-corrected chi connectivity index (χ4v) is 3.86. The standard InChI is InChI=1S/C20H25N3O3S.ClH/c1-6-25-15-7-8-17-18(12-15)27-20(21-17)23(10-9-22(4)5)19(24)16-11-13(2)26-14(16)3;/h7-8,11-12H,6,9-10H2,1-5H3;1H. The third-order valence-corrected chi connectivity index (χ3v) is 5.22. The number of hydrogen-bond donors (Lipinski definition) is 0. The quantitative estimate of drug-likeness (QED) is 0.558. The molecule has 0 aliphatic carbocycles. The van der Waals surface area contributed by atoms with Gasteiger partial charge in [-0.2, -0.15) is 0 Å². The summed E-state index contributed by atoms with van der Waals surface area (Å²) in [5.74, 6) is 2.09. The Kier molecular flexibility index (Phi) is 7.46. The van der Waals surface area contributed by atoms with E-state index in [1.165, 1.54) is 11.3 Å². The molecule has 1 amide bonds. The summed E-state index contributed by atoms with van der Waals surface area (Å²) in [5, 5.41) is 0.684. The van der Waals surface area contributed by atoms with Gasteiger partial charge in [0.05, 0.1) is 22.4 Å². The Bertz CT molecular complexity index is 951. The van der Waals surface area contributed by atoms with Crippen LogP contribution in [0.4, 0.5) is 5.13 Å². The van der Waals surface area contributed by atoms with Crippen molar-refractivity contribution in [3.63, 3.8) is 0 Å². The van der Waals surface area contributed by atoms with Crippen molar-refractivity contribution in [1.82, 2.24) is 9.88 Å². The molecule has 0 atom stereocenters. The average molecular weight is 424 g/mol. The largest absolute Gasteiger partial charge is 0.494 e. The number of halogens is 1. The second-order valence-electron chi connectivity index (χ2n) is 6.65. The number of aromatic nitrogens is 1. The summed E-state index contributed by atoms with van der Waals surface area (Å²) in [7, 11) is 3.98. The molecule has 0 radical (unpaired) electrons. The van der Waals surface area contributed by atoms with Crippen LogP contribution < -0.4 is 9.64 Å². The maximum atomic E-state index is 13.2. The van der Waals surface area contributed by atoms with Crippen molar-refractivity contribution in [3.8, 4) is 5.75 Å². The van der Waals surface area contributed by atoms with E-state index in [1.54, 1.807) is 11.0 Å². The number of carbonyl (C=O) groups excluding carboxylic acids is 1. The maximum Gasteiger partial charge on any atom is 0.263 e. The molecule has 0 N–H and O–H groups in total. The van der Waals surface area contributed by atoms with E-state index in [9.17, 15) is 4.79 Å². The van der Waals surface area contributed by atoms with Crippen molar-refractivity contribution >= 4 is 45.0 Å². The van der Waals surface area contributed by atoms with Gasteiger partial charge in [0.15, 0.2) is 5.13 Å². The van der Waals surface area contributed by atoms with Gasteiger partial charge in [-0.1, -0.05) is 11.3 Å². The van der Waals surface area contributed by atoms with E-state index in [0.29, 0.717) is 29.6 Å². The Labute approximate surface area is 175 Å². The van der Waals surface area contributed by atoms with E-state index < -0.39 is 0 Å². The zero-order valence-electron chi connectivity index (χ0n) is 16.8.